The Bertz CT molecular complexity index is 354. The van der Waals surface area contributed by atoms with E-state index in [0.29, 0.717) is 5.02 Å². The molecule has 0 amide bonds. The maximum absolute atomic E-state index is 10.7. The number of hydrogen-bond acceptors (Lipinski definition) is 3. The molecule has 0 saturated heterocycles. The van der Waals surface area contributed by atoms with Crippen molar-refractivity contribution >= 4 is 17.6 Å². The fraction of sp³-hybridized carbons (Fsp3) is 0.222. The van der Waals surface area contributed by atoms with Crippen LogP contribution in [0.5, 0.6) is 5.75 Å². The lowest BCUT2D eigenvalue weighted by molar-refractivity contribution is -0.138. The third-order valence-corrected chi connectivity index (χ3v) is 2.14. The van der Waals surface area contributed by atoms with E-state index in [1.165, 1.54) is 18.2 Å². The SMILES string of the molecule is NCC(C(=O)O)c1ccc(Cl)cc1O. The van der Waals surface area contributed by atoms with Gasteiger partial charge in [-0.05, 0) is 12.1 Å². The second-order valence-corrected chi connectivity index (χ2v) is 3.27. The highest BCUT2D eigenvalue weighted by Crippen LogP contribution is 2.28. The Morgan fingerprint density at radius 2 is 2.21 bits per heavy atom. The van der Waals surface area contributed by atoms with Gasteiger partial charge in [0.1, 0.15) is 5.75 Å². The third-order valence-electron chi connectivity index (χ3n) is 1.90. The molecule has 0 aliphatic rings. The predicted molar refractivity (Wildman–Crippen MR) is 52.5 cm³/mol. The van der Waals surface area contributed by atoms with Gasteiger partial charge in [0.2, 0.25) is 0 Å². The van der Waals surface area contributed by atoms with Gasteiger partial charge in [-0.25, -0.2) is 0 Å². The lowest BCUT2D eigenvalue weighted by atomic mass is 9.98. The Morgan fingerprint density at radius 3 is 2.64 bits per heavy atom. The van der Waals surface area contributed by atoms with Gasteiger partial charge in [-0.2, -0.15) is 0 Å². The van der Waals surface area contributed by atoms with Crippen molar-refractivity contribution in [1.82, 2.24) is 0 Å². The van der Waals surface area contributed by atoms with Crippen LogP contribution in [0.15, 0.2) is 18.2 Å². The van der Waals surface area contributed by atoms with Crippen LogP contribution >= 0.6 is 11.6 Å². The van der Waals surface area contributed by atoms with Crippen molar-refractivity contribution in [3.8, 4) is 5.75 Å². The average molecular weight is 216 g/mol. The number of carbonyl (C=O) groups is 1. The summed E-state index contributed by atoms with van der Waals surface area (Å²) in [6, 6.07) is 4.27. The number of aliphatic carboxylic acids is 1. The molecule has 0 radical (unpaired) electrons. The van der Waals surface area contributed by atoms with Crippen LogP contribution in [-0.4, -0.2) is 22.7 Å². The van der Waals surface area contributed by atoms with E-state index in [1.54, 1.807) is 0 Å². The molecule has 4 N–H and O–H groups in total. The van der Waals surface area contributed by atoms with Crippen molar-refractivity contribution in [2.24, 2.45) is 5.73 Å². The fourth-order valence-corrected chi connectivity index (χ4v) is 1.34. The van der Waals surface area contributed by atoms with Crippen LogP contribution in [0.3, 0.4) is 0 Å². The van der Waals surface area contributed by atoms with Crippen LogP contribution in [0.2, 0.25) is 5.02 Å². The fourth-order valence-electron chi connectivity index (χ4n) is 1.17. The number of phenols is 1. The van der Waals surface area contributed by atoms with Crippen molar-refractivity contribution in [3.05, 3.63) is 28.8 Å². The number of rotatable bonds is 3. The average Bonchev–Trinajstić information content (AvgIpc) is 2.09. The largest absolute Gasteiger partial charge is 0.508 e. The normalized spacial score (nSPS) is 12.4. The second kappa shape index (κ2) is 4.30. The summed E-state index contributed by atoms with van der Waals surface area (Å²) in [7, 11) is 0. The van der Waals surface area contributed by atoms with E-state index in [-0.39, 0.29) is 17.9 Å². The standard InChI is InChI=1S/C9H10ClNO3/c10-5-1-2-6(8(12)3-5)7(4-11)9(13)14/h1-3,7,12H,4,11H2,(H,13,14). The van der Waals surface area contributed by atoms with Gasteiger partial charge in [0, 0.05) is 17.1 Å². The molecule has 0 aliphatic heterocycles. The molecule has 0 aromatic heterocycles. The first kappa shape index (κ1) is 10.8. The number of hydrogen-bond donors (Lipinski definition) is 3. The third kappa shape index (κ3) is 2.16. The zero-order valence-corrected chi connectivity index (χ0v) is 8.03. The minimum Gasteiger partial charge on any atom is -0.508 e. The smallest absolute Gasteiger partial charge is 0.312 e. The van der Waals surface area contributed by atoms with Crippen LogP contribution in [0.1, 0.15) is 11.5 Å². The van der Waals surface area contributed by atoms with Crippen molar-refractivity contribution in [1.29, 1.82) is 0 Å². The summed E-state index contributed by atoms with van der Waals surface area (Å²) in [5.41, 5.74) is 5.57. The predicted octanol–water partition coefficient (Wildman–Crippen LogP) is 1.17. The summed E-state index contributed by atoms with van der Waals surface area (Å²) >= 11 is 5.61. The molecule has 1 aromatic carbocycles. The molecule has 0 aliphatic carbocycles. The Morgan fingerprint density at radius 1 is 1.57 bits per heavy atom. The van der Waals surface area contributed by atoms with Gasteiger partial charge in [0.15, 0.2) is 0 Å². The van der Waals surface area contributed by atoms with E-state index >= 15 is 0 Å². The minimum absolute atomic E-state index is 0.0650. The monoisotopic (exact) mass is 215 g/mol. The first-order valence-corrected chi connectivity index (χ1v) is 4.35. The number of phenolic OH excluding ortho intramolecular Hbond substituents is 1. The maximum atomic E-state index is 10.7. The van der Waals surface area contributed by atoms with E-state index in [0.717, 1.165) is 0 Å². The summed E-state index contributed by atoms with van der Waals surface area (Å²) in [4.78, 5) is 10.7. The van der Waals surface area contributed by atoms with E-state index < -0.39 is 11.9 Å². The maximum Gasteiger partial charge on any atom is 0.312 e. The van der Waals surface area contributed by atoms with Gasteiger partial charge in [-0.3, -0.25) is 4.79 Å². The van der Waals surface area contributed by atoms with E-state index in [4.69, 9.17) is 22.4 Å². The first-order valence-electron chi connectivity index (χ1n) is 3.97. The van der Waals surface area contributed by atoms with Crippen molar-refractivity contribution in [2.45, 2.75) is 5.92 Å². The van der Waals surface area contributed by atoms with E-state index in [9.17, 15) is 9.90 Å². The molecule has 1 aromatic rings. The first-order chi connectivity index (χ1) is 6.56. The quantitative estimate of drug-likeness (QED) is 0.707. The number of carboxylic acids is 1. The lowest BCUT2D eigenvalue weighted by Gasteiger charge is -2.11. The van der Waals surface area contributed by atoms with Crippen LogP contribution < -0.4 is 5.73 Å². The highest BCUT2D eigenvalue weighted by molar-refractivity contribution is 6.30. The molecule has 0 saturated carbocycles. The molecule has 1 atom stereocenters. The van der Waals surface area contributed by atoms with E-state index in [1.807, 2.05) is 0 Å². The molecule has 0 heterocycles. The van der Waals surface area contributed by atoms with Gasteiger partial charge in [-0.15, -0.1) is 0 Å². The zero-order valence-electron chi connectivity index (χ0n) is 7.27. The lowest BCUT2D eigenvalue weighted by Crippen LogP contribution is -2.21. The molecule has 1 unspecified atom stereocenters. The van der Waals surface area contributed by atoms with Crippen LogP contribution in [0.25, 0.3) is 0 Å². The molecule has 4 nitrogen and oxygen atoms in total. The van der Waals surface area contributed by atoms with Crippen LogP contribution in [0.4, 0.5) is 0 Å². The summed E-state index contributed by atoms with van der Waals surface area (Å²) in [5, 5.41) is 18.6. The topological polar surface area (TPSA) is 83.6 Å². The van der Waals surface area contributed by atoms with Gasteiger partial charge in [0.05, 0.1) is 5.92 Å². The Hall–Kier alpha value is -1.26. The van der Waals surface area contributed by atoms with Crippen molar-refractivity contribution in [2.75, 3.05) is 6.54 Å². The molecule has 0 bridgehead atoms. The molecular weight excluding hydrogens is 206 g/mol. The molecule has 14 heavy (non-hydrogen) atoms. The van der Waals surface area contributed by atoms with Crippen LogP contribution in [0, 0.1) is 0 Å². The molecular formula is C9H10ClNO3. The Balaban J connectivity index is 3.10. The second-order valence-electron chi connectivity index (χ2n) is 2.83. The number of aromatic hydroxyl groups is 1. The number of nitrogens with two attached hydrogens (primary N) is 1. The summed E-state index contributed by atoms with van der Waals surface area (Å²) in [6.45, 7) is -0.0650. The molecule has 0 fully saturated rings. The summed E-state index contributed by atoms with van der Waals surface area (Å²) in [6.07, 6.45) is 0. The van der Waals surface area contributed by atoms with Gasteiger partial charge < -0.3 is 15.9 Å². The zero-order chi connectivity index (χ0) is 10.7. The Labute approximate surface area is 85.9 Å². The molecule has 0 spiro atoms. The number of halogens is 1. The van der Waals surface area contributed by atoms with Crippen molar-refractivity contribution < 1.29 is 15.0 Å². The highest BCUT2D eigenvalue weighted by Gasteiger charge is 2.21. The number of carboxylic acid groups (broad SMARTS) is 1. The van der Waals surface area contributed by atoms with Crippen molar-refractivity contribution in [3.63, 3.8) is 0 Å². The summed E-state index contributed by atoms with van der Waals surface area (Å²) < 4.78 is 0. The summed E-state index contributed by atoms with van der Waals surface area (Å²) in [5.74, 6) is -2.10. The highest BCUT2D eigenvalue weighted by atomic mass is 35.5. The van der Waals surface area contributed by atoms with E-state index in [2.05, 4.69) is 0 Å². The van der Waals surface area contributed by atoms with Gasteiger partial charge in [-0.1, -0.05) is 17.7 Å². The molecule has 76 valence electrons. The minimum atomic E-state index is -1.06. The molecule has 1 rings (SSSR count). The Kier molecular flexibility index (Phi) is 3.33. The van der Waals surface area contributed by atoms with Gasteiger partial charge >= 0.3 is 5.97 Å². The number of benzene rings is 1. The van der Waals surface area contributed by atoms with Gasteiger partial charge in [0.25, 0.3) is 0 Å². The molecule has 5 heteroatoms. The van der Waals surface area contributed by atoms with Crippen LogP contribution in [-0.2, 0) is 4.79 Å².